The van der Waals surface area contributed by atoms with E-state index in [1.54, 1.807) is 0 Å². The average Bonchev–Trinajstić information content (AvgIpc) is 2.93. The second-order valence-electron chi connectivity index (χ2n) is 4.79. The number of fused-ring (bicyclic) bond motifs is 1. The monoisotopic (exact) mass is 354 g/mol. The number of nitrogens with zero attached hydrogens (tertiary/aromatic N) is 2. The number of para-hydroxylation sites is 2. The molecule has 134 valence electrons. The van der Waals surface area contributed by atoms with Crippen LogP contribution >= 0.6 is 11.8 Å². The molecule has 0 aliphatic heterocycles. The molecule has 1 aromatic carbocycles. The second kappa shape index (κ2) is 10.0. The molecule has 0 atom stereocenters. The lowest BCUT2D eigenvalue weighted by molar-refractivity contribution is -0.188. The highest BCUT2D eigenvalue weighted by Crippen LogP contribution is 2.32. The lowest BCUT2D eigenvalue weighted by atomic mass is 10.3. The van der Waals surface area contributed by atoms with Crippen molar-refractivity contribution in [2.45, 2.75) is 44.9 Å². The van der Waals surface area contributed by atoms with Gasteiger partial charge in [-0.15, -0.1) is 0 Å². The maximum absolute atomic E-state index is 5.78. The van der Waals surface area contributed by atoms with Crippen molar-refractivity contribution in [2.24, 2.45) is 0 Å². The Labute approximate surface area is 147 Å². The molecule has 1 heterocycles. The molecule has 0 radical (unpaired) electrons. The molecule has 0 amide bonds. The van der Waals surface area contributed by atoms with Crippen LogP contribution in [-0.2, 0) is 18.9 Å². The Morgan fingerprint density at radius 2 is 1.50 bits per heavy atom. The summed E-state index contributed by atoms with van der Waals surface area (Å²) in [4.78, 5) is 4.71. The topological polar surface area (TPSA) is 54.7 Å². The average molecular weight is 354 g/mol. The third kappa shape index (κ3) is 4.70. The van der Waals surface area contributed by atoms with Crippen LogP contribution in [0.3, 0.4) is 0 Å². The van der Waals surface area contributed by atoms with E-state index >= 15 is 0 Å². The summed E-state index contributed by atoms with van der Waals surface area (Å²) in [5.41, 5.74) is 1.43. The van der Waals surface area contributed by atoms with Gasteiger partial charge in [0.25, 0.3) is 0 Å². The molecule has 6 nitrogen and oxygen atoms in total. The van der Waals surface area contributed by atoms with Gasteiger partial charge in [-0.05, 0) is 51.6 Å². The minimum absolute atomic E-state index is 0.417. The van der Waals surface area contributed by atoms with Gasteiger partial charge in [-0.25, -0.2) is 4.98 Å². The Morgan fingerprint density at radius 3 is 2.08 bits per heavy atom. The first-order chi connectivity index (χ1) is 11.7. The Hall–Kier alpha value is -1.12. The molecular weight excluding hydrogens is 328 g/mol. The fourth-order valence-electron chi connectivity index (χ4n) is 2.27. The number of imidazole rings is 1. The molecule has 2 aromatic rings. The van der Waals surface area contributed by atoms with Gasteiger partial charge in [-0.3, -0.25) is 4.57 Å². The number of ether oxygens (including phenoxy) is 4. The van der Waals surface area contributed by atoms with Crippen molar-refractivity contribution in [3.8, 4) is 0 Å². The van der Waals surface area contributed by atoms with Crippen LogP contribution in [0.2, 0.25) is 0 Å². The summed E-state index contributed by atoms with van der Waals surface area (Å²) in [7, 11) is 0. The lowest BCUT2D eigenvalue weighted by Crippen LogP contribution is -2.19. The summed E-state index contributed by atoms with van der Waals surface area (Å²) in [5.74, 6) is 0. The number of hydrogen-bond donors (Lipinski definition) is 0. The number of thioether (sulfide) groups is 1. The van der Waals surface area contributed by atoms with Crippen molar-refractivity contribution in [3.05, 3.63) is 24.3 Å². The van der Waals surface area contributed by atoms with Gasteiger partial charge in [0.1, 0.15) is 0 Å². The van der Waals surface area contributed by atoms with Gasteiger partial charge in [-0.1, -0.05) is 12.1 Å². The summed E-state index contributed by atoms with van der Waals surface area (Å²) in [5, 5.41) is 0.745. The van der Waals surface area contributed by atoms with Gasteiger partial charge in [0, 0.05) is 26.4 Å². The molecule has 0 spiro atoms. The zero-order valence-corrected chi connectivity index (χ0v) is 15.5. The number of rotatable bonds is 11. The van der Waals surface area contributed by atoms with Gasteiger partial charge >= 0.3 is 0 Å². The van der Waals surface area contributed by atoms with Gasteiger partial charge in [0.2, 0.25) is 12.0 Å². The van der Waals surface area contributed by atoms with E-state index in [1.165, 1.54) is 11.8 Å². The largest absolute Gasteiger partial charge is 0.344 e. The standard InChI is InChI=1S/C17H26N2O4S/c1-5-20-16(21-6-2)19-14-12-10-9-11-13(14)18-15(19)24-17(22-7-3)23-8-4/h9-12,16-17H,5-8H2,1-4H3. The first-order valence-electron chi connectivity index (χ1n) is 8.35. The van der Waals surface area contributed by atoms with E-state index in [-0.39, 0.29) is 0 Å². The molecule has 2 rings (SSSR count). The Balaban J connectivity index is 2.41. The van der Waals surface area contributed by atoms with Crippen LogP contribution in [0.5, 0.6) is 0 Å². The van der Waals surface area contributed by atoms with Gasteiger partial charge in [-0.2, -0.15) is 0 Å². The van der Waals surface area contributed by atoms with Crippen LogP contribution in [0.4, 0.5) is 0 Å². The molecule has 0 saturated carbocycles. The zero-order chi connectivity index (χ0) is 17.4. The minimum Gasteiger partial charge on any atom is -0.344 e. The van der Waals surface area contributed by atoms with Crippen molar-refractivity contribution >= 4 is 22.8 Å². The molecule has 0 aliphatic rings. The van der Waals surface area contributed by atoms with Crippen molar-refractivity contribution in [1.82, 2.24) is 9.55 Å². The first-order valence-corrected chi connectivity index (χ1v) is 9.23. The molecule has 0 saturated heterocycles. The van der Waals surface area contributed by atoms with Crippen molar-refractivity contribution < 1.29 is 18.9 Å². The predicted molar refractivity (Wildman–Crippen MR) is 94.9 cm³/mol. The van der Waals surface area contributed by atoms with E-state index < -0.39 is 12.0 Å². The predicted octanol–water partition coefficient (Wildman–Crippen LogP) is 4.01. The van der Waals surface area contributed by atoms with Crippen LogP contribution in [-0.4, -0.2) is 41.6 Å². The fourth-order valence-corrected chi connectivity index (χ4v) is 3.30. The van der Waals surface area contributed by atoms with E-state index in [0.717, 1.165) is 16.2 Å². The summed E-state index contributed by atoms with van der Waals surface area (Å²) in [6, 6.07) is 7.93. The number of aromatic nitrogens is 2. The molecule has 1 aromatic heterocycles. The summed E-state index contributed by atoms with van der Waals surface area (Å²) in [6.07, 6.45) is -0.529. The zero-order valence-electron chi connectivity index (χ0n) is 14.7. The highest BCUT2D eigenvalue weighted by atomic mass is 32.2. The van der Waals surface area contributed by atoms with Crippen molar-refractivity contribution in [3.63, 3.8) is 0 Å². The van der Waals surface area contributed by atoms with E-state index in [9.17, 15) is 0 Å². The van der Waals surface area contributed by atoms with Gasteiger partial charge < -0.3 is 18.9 Å². The quantitative estimate of drug-likeness (QED) is 0.449. The minimum atomic E-state index is -0.529. The van der Waals surface area contributed by atoms with Gasteiger partial charge in [0.15, 0.2) is 5.16 Å². The van der Waals surface area contributed by atoms with Gasteiger partial charge in [0.05, 0.1) is 11.0 Å². The van der Waals surface area contributed by atoms with E-state index in [1.807, 2.05) is 56.5 Å². The molecule has 0 bridgehead atoms. The normalized spacial score (nSPS) is 11.9. The fraction of sp³-hybridized carbons (Fsp3) is 0.588. The maximum atomic E-state index is 5.78. The molecule has 0 aliphatic carbocycles. The highest BCUT2D eigenvalue weighted by Gasteiger charge is 2.23. The summed E-state index contributed by atoms with van der Waals surface area (Å²) in [6.45, 7) is 10.00. The molecule has 0 N–H and O–H groups in total. The Bertz CT molecular complexity index is 608. The second-order valence-corrected chi connectivity index (χ2v) is 5.77. The SMILES string of the molecule is CCOC(OCC)Sc1nc2ccccc2n1C(OCC)OCC. The van der Waals surface area contributed by atoms with Crippen LogP contribution < -0.4 is 0 Å². The van der Waals surface area contributed by atoms with E-state index in [0.29, 0.717) is 26.4 Å². The third-order valence-corrected chi connectivity index (χ3v) is 4.16. The number of benzene rings is 1. The summed E-state index contributed by atoms with van der Waals surface area (Å²) < 4.78 is 24.8. The van der Waals surface area contributed by atoms with Crippen molar-refractivity contribution in [1.29, 1.82) is 0 Å². The van der Waals surface area contributed by atoms with Crippen LogP contribution in [0, 0.1) is 0 Å². The maximum Gasteiger partial charge on any atom is 0.246 e. The highest BCUT2D eigenvalue weighted by molar-refractivity contribution is 7.99. The van der Waals surface area contributed by atoms with Crippen molar-refractivity contribution in [2.75, 3.05) is 26.4 Å². The Kier molecular flexibility index (Phi) is 8.01. The molecule has 7 heteroatoms. The molecule has 0 unspecified atom stereocenters. The smallest absolute Gasteiger partial charge is 0.246 e. The molecular formula is C17H26N2O4S. The molecule has 0 fully saturated rings. The lowest BCUT2D eigenvalue weighted by Gasteiger charge is -2.22. The van der Waals surface area contributed by atoms with E-state index in [4.69, 9.17) is 23.9 Å². The first kappa shape index (κ1) is 19.2. The third-order valence-electron chi connectivity index (χ3n) is 3.20. The van der Waals surface area contributed by atoms with Crippen LogP contribution in [0.15, 0.2) is 29.4 Å². The van der Waals surface area contributed by atoms with Crippen LogP contribution in [0.1, 0.15) is 34.1 Å². The molecule has 24 heavy (non-hydrogen) atoms. The van der Waals surface area contributed by atoms with E-state index in [2.05, 4.69) is 0 Å². The number of hydrogen-bond acceptors (Lipinski definition) is 6. The Morgan fingerprint density at radius 1 is 0.917 bits per heavy atom. The summed E-state index contributed by atoms with van der Waals surface area (Å²) >= 11 is 1.42. The van der Waals surface area contributed by atoms with Crippen LogP contribution in [0.25, 0.3) is 11.0 Å².